The van der Waals surface area contributed by atoms with Crippen LogP contribution in [0.4, 0.5) is 16.0 Å². The van der Waals surface area contributed by atoms with Gasteiger partial charge in [0.25, 0.3) is 0 Å². The molecule has 1 N–H and O–H groups in total. The number of anilines is 1. The number of rotatable bonds is 5. The van der Waals surface area contributed by atoms with E-state index in [1.807, 2.05) is 24.3 Å². The number of fused-ring (bicyclic) bond motifs is 3. The Balaban J connectivity index is 1.49. The van der Waals surface area contributed by atoms with Crippen molar-refractivity contribution >= 4 is 23.3 Å². The maximum absolute atomic E-state index is 13.9. The summed E-state index contributed by atoms with van der Waals surface area (Å²) in [5, 5.41) is 22.9. The summed E-state index contributed by atoms with van der Waals surface area (Å²) >= 11 is 1.22. The fourth-order valence-electron chi connectivity index (χ4n) is 3.18. The molecule has 9 nitrogen and oxygen atoms in total. The molecule has 1 aliphatic heterocycles. The van der Waals surface area contributed by atoms with E-state index in [4.69, 9.17) is 9.15 Å². The predicted octanol–water partition coefficient (Wildman–Crippen LogP) is 4.97. The molecule has 0 saturated heterocycles. The lowest BCUT2D eigenvalue weighted by molar-refractivity contribution is -0.402. The molecule has 0 amide bonds. The molecular formula is C21H14FN5O4S. The number of benzene rings is 2. The number of hydrogen-bond acceptors (Lipinski definition) is 9. The fourth-order valence-corrected chi connectivity index (χ4v) is 3.94. The van der Waals surface area contributed by atoms with Gasteiger partial charge in [-0.1, -0.05) is 48.2 Å². The van der Waals surface area contributed by atoms with Crippen LogP contribution in [-0.2, 0) is 5.75 Å². The van der Waals surface area contributed by atoms with Crippen LogP contribution in [0.25, 0.3) is 11.3 Å². The molecule has 2 aromatic heterocycles. The molecule has 0 spiro atoms. The average molecular weight is 451 g/mol. The van der Waals surface area contributed by atoms with Gasteiger partial charge in [0.05, 0.1) is 6.07 Å². The van der Waals surface area contributed by atoms with Gasteiger partial charge in [0.2, 0.25) is 17.3 Å². The van der Waals surface area contributed by atoms with Gasteiger partial charge in [-0.25, -0.2) is 4.39 Å². The van der Waals surface area contributed by atoms with Crippen molar-refractivity contribution < 1.29 is 18.5 Å². The summed E-state index contributed by atoms with van der Waals surface area (Å²) in [7, 11) is 0. The van der Waals surface area contributed by atoms with Crippen LogP contribution in [0.15, 0.2) is 70.2 Å². The van der Waals surface area contributed by atoms with Crippen LogP contribution in [0.1, 0.15) is 17.6 Å². The van der Waals surface area contributed by atoms with Crippen molar-refractivity contribution in [1.82, 2.24) is 15.2 Å². The number of furan rings is 1. The predicted molar refractivity (Wildman–Crippen MR) is 114 cm³/mol. The van der Waals surface area contributed by atoms with Gasteiger partial charge in [-0.2, -0.15) is 4.98 Å². The summed E-state index contributed by atoms with van der Waals surface area (Å²) in [4.78, 5) is 14.9. The standard InChI is InChI=1S/C21H14FN5O4S/c22-14-7-3-1-5-12(14)11-32-21-24-20-18(25-26-21)13-6-2-4-8-15(13)23-19(31-20)16-9-10-17(30-16)27(28)29/h1-10,19,23H,11H2/t19-/m0/s1. The first-order valence-electron chi connectivity index (χ1n) is 9.46. The quantitative estimate of drug-likeness (QED) is 0.255. The Bertz CT molecular complexity index is 1310. The third-order valence-electron chi connectivity index (χ3n) is 4.70. The lowest BCUT2D eigenvalue weighted by Crippen LogP contribution is -2.16. The van der Waals surface area contributed by atoms with E-state index in [0.717, 1.165) is 0 Å². The molecule has 11 heteroatoms. The number of nitrogens with zero attached hydrogens (tertiary/aromatic N) is 4. The van der Waals surface area contributed by atoms with E-state index in [9.17, 15) is 14.5 Å². The van der Waals surface area contributed by atoms with Crippen LogP contribution in [0.3, 0.4) is 0 Å². The monoisotopic (exact) mass is 451 g/mol. The zero-order chi connectivity index (χ0) is 22.1. The molecule has 0 aliphatic carbocycles. The molecule has 0 saturated carbocycles. The van der Waals surface area contributed by atoms with Gasteiger partial charge in [-0.05, 0) is 23.8 Å². The second-order valence-electron chi connectivity index (χ2n) is 6.75. The Morgan fingerprint density at radius 1 is 1.09 bits per heavy atom. The Hall–Kier alpha value is -3.99. The largest absolute Gasteiger partial charge is 0.444 e. The highest BCUT2D eigenvalue weighted by molar-refractivity contribution is 7.98. The Morgan fingerprint density at radius 2 is 1.91 bits per heavy atom. The van der Waals surface area contributed by atoms with Gasteiger partial charge in [0.15, 0.2) is 11.5 Å². The van der Waals surface area contributed by atoms with E-state index in [-0.39, 0.29) is 17.5 Å². The Kier molecular flexibility index (Phi) is 5.15. The molecule has 5 rings (SSSR count). The molecule has 1 aliphatic rings. The number of ether oxygens (including phenoxy) is 1. The van der Waals surface area contributed by atoms with Crippen LogP contribution >= 0.6 is 11.8 Å². The topological polar surface area (TPSA) is 116 Å². The Morgan fingerprint density at radius 3 is 2.72 bits per heavy atom. The van der Waals surface area contributed by atoms with E-state index >= 15 is 0 Å². The fraction of sp³-hybridized carbons (Fsp3) is 0.0952. The second-order valence-corrected chi connectivity index (χ2v) is 7.69. The molecule has 4 aromatic rings. The molecule has 0 bridgehead atoms. The minimum Gasteiger partial charge on any atom is -0.444 e. The molecule has 32 heavy (non-hydrogen) atoms. The van der Waals surface area contributed by atoms with E-state index in [1.165, 1.54) is 30.0 Å². The SMILES string of the molecule is O=[N+]([O-])c1ccc([C@H]2Nc3ccccc3-c3nnc(SCc4ccccc4F)nc3O2)o1. The number of hydrogen-bond donors (Lipinski definition) is 1. The lowest BCUT2D eigenvalue weighted by atomic mass is 10.1. The minimum atomic E-state index is -0.882. The van der Waals surface area contributed by atoms with Crippen molar-refractivity contribution in [3.8, 4) is 17.1 Å². The van der Waals surface area contributed by atoms with Crippen molar-refractivity contribution in [1.29, 1.82) is 0 Å². The lowest BCUT2D eigenvalue weighted by Gasteiger charge is -2.16. The molecule has 0 fully saturated rings. The van der Waals surface area contributed by atoms with Crippen molar-refractivity contribution in [2.45, 2.75) is 17.1 Å². The van der Waals surface area contributed by atoms with Crippen molar-refractivity contribution in [2.24, 2.45) is 0 Å². The van der Waals surface area contributed by atoms with Crippen molar-refractivity contribution in [3.05, 3.63) is 87.9 Å². The van der Waals surface area contributed by atoms with Crippen molar-refractivity contribution in [2.75, 3.05) is 5.32 Å². The number of thioether (sulfide) groups is 1. The average Bonchev–Trinajstić information content (AvgIpc) is 3.23. The summed E-state index contributed by atoms with van der Waals surface area (Å²) < 4.78 is 25.2. The van der Waals surface area contributed by atoms with Gasteiger partial charge < -0.3 is 14.5 Å². The van der Waals surface area contributed by atoms with Crippen LogP contribution in [0.2, 0.25) is 0 Å². The smallest absolute Gasteiger partial charge is 0.433 e. The molecule has 1 atom stereocenters. The zero-order valence-corrected chi connectivity index (χ0v) is 17.1. The molecular weight excluding hydrogens is 437 g/mol. The Labute approximate surface area is 184 Å². The normalized spacial score (nSPS) is 14.5. The summed E-state index contributed by atoms with van der Waals surface area (Å²) in [6.45, 7) is 0. The number of nitrogens with one attached hydrogen (secondary N) is 1. The second kappa shape index (κ2) is 8.27. The third kappa shape index (κ3) is 3.85. The molecule has 3 heterocycles. The van der Waals surface area contributed by atoms with E-state index < -0.39 is 17.0 Å². The highest BCUT2D eigenvalue weighted by Gasteiger charge is 2.29. The first-order valence-corrected chi connectivity index (χ1v) is 10.4. The summed E-state index contributed by atoms with van der Waals surface area (Å²) in [5.74, 6) is -0.00628. The maximum Gasteiger partial charge on any atom is 0.433 e. The first kappa shape index (κ1) is 19.9. The zero-order valence-electron chi connectivity index (χ0n) is 16.3. The van der Waals surface area contributed by atoms with Crippen LogP contribution < -0.4 is 10.1 Å². The molecule has 2 aromatic carbocycles. The molecule has 0 unspecified atom stereocenters. The van der Waals surface area contributed by atoms with Gasteiger partial charge in [-0.3, -0.25) is 10.1 Å². The van der Waals surface area contributed by atoms with Crippen LogP contribution in [-0.4, -0.2) is 20.1 Å². The summed E-state index contributed by atoms with van der Waals surface area (Å²) in [5.41, 5.74) is 2.31. The van der Waals surface area contributed by atoms with E-state index in [1.54, 1.807) is 18.2 Å². The van der Waals surface area contributed by atoms with Crippen LogP contribution in [0, 0.1) is 15.9 Å². The van der Waals surface area contributed by atoms with Crippen molar-refractivity contribution in [3.63, 3.8) is 0 Å². The molecule has 160 valence electrons. The highest BCUT2D eigenvalue weighted by atomic mass is 32.2. The number of nitro groups is 1. The van der Waals surface area contributed by atoms with Crippen LogP contribution in [0.5, 0.6) is 5.88 Å². The first-order chi connectivity index (χ1) is 15.6. The van der Waals surface area contributed by atoms with E-state index in [2.05, 4.69) is 20.5 Å². The summed E-state index contributed by atoms with van der Waals surface area (Å²) in [6.07, 6.45) is -0.882. The highest BCUT2D eigenvalue weighted by Crippen LogP contribution is 2.40. The molecule has 0 radical (unpaired) electrons. The maximum atomic E-state index is 13.9. The number of aromatic nitrogens is 3. The third-order valence-corrected chi connectivity index (χ3v) is 5.59. The van der Waals surface area contributed by atoms with Gasteiger partial charge >= 0.3 is 5.88 Å². The minimum absolute atomic E-state index is 0.178. The van der Waals surface area contributed by atoms with E-state index in [0.29, 0.717) is 33.4 Å². The number of para-hydroxylation sites is 1. The van der Waals surface area contributed by atoms with Gasteiger partial charge in [0, 0.05) is 17.0 Å². The van der Waals surface area contributed by atoms with Gasteiger partial charge in [-0.15, -0.1) is 10.2 Å². The van der Waals surface area contributed by atoms with Gasteiger partial charge in [0.1, 0.15) is 10.7 Å². The summed E-state index contributed by atoms with van der Waals surface area (Å²) in [6, 6.07) is 16.5. The number of halogens is 1.